The second kappa shape index (κ2) is 6.20. The van der Waals surface area contributed by atoms with Gasteiger partial charge in [-0.1, -0.05) is 12.1 Å². The molecular formula is C20H14FN3O. The third-order valence-electron chi connectivity index (χ3n) is 3.94. The Kier molecular flexibility index (Phi) is 3.74. The first-order valence-electron chi connectivity index (χ1n) is 7.77. The predicted molar refractivity (Wildman–Crippen MR) is 94.3 cm³/mol. The van der Waals surface area contributed by atoms with E-state index in [1.54, 1.807) is 54.9 Å². The average molecular weight is 331 g/mol. The van der Waals surface area contributed by atoms with Crippen molar-refractivity contribution in [2.75, 3.05) is 0 Å². The smallest absolute Gasteiger partial charge is 0.138 e. The quantitative estimate of drug-likeness (QED) is 0.574. The van der Waals surface area contributed by atoms with Gasteiger partial charge in [0.1, 0.15) is 17.4 Å². The Hall–Kier alpha value is -3.47. The Morgan fingerprint density at radius 2 is 1.56 bits per heavy atom. The molecule has 2 N–H and O–H groups in total. The van der Waals surface area contributed by atoms with Crippen LogP contribution in [-0.2, 0) is 0 Å². The van der Waals surface area contributed by atoms with Crippen LogP contribution < -0.4 is 0 Å². The first-order chi connectivity index (χ1) is 12.2. The largest absolute Gasteiger partial charge is 0.508 e. The lowest BCUT2D eigenvalue weighted by Gasteiger charge is -2.03. The summed E-state index contributed by atoms with van der Waals surface area (Å²) in [5, 5.41) is 9.47. The third kappa shape index (κ3) is 2.87. The number of pyridine rings is 1. The molecule has 0 aliphatic heterocycles. The molecule has 2 aromatic carbocycles. The number of phenolic OH excluding ortho intramolecular Hbond substituents is 1. The number of nitrogens with one attached hydrogen (secondary N) is 1. The minimum Gasteiger partial charge on any atom is -0.508 e. The number of aromatic amines is 1. The first kappa shape index (κ1) is 15.1. The summed E-state index contributed by atoms with van der Waals surface area (Å²) in [4.78, 5) is 11.9. The van der Waals surface area contributed by atoms with Crippen LogP contribution in [0.15, 0.2) is 73.1 Å². The maximum atomic E-state index is 14.3. The lowest BCUT2D eigenvalue weighted by atomic mass is 10.1. The molecule has 0 saturated heterocycles. The summed E-state index contributed by atoms with van der Waals surface area (Å²) in [5.41, 5.74) is 3.35. The van der Waals surface area contributed by atoms with Gasteiger partial charge in [0.25, 0.3) is 0 Å². The molecule has 0 aliphatic carbocycles. The fourth-order valence-electron chi connectivity index (χ4n) is 2.70. The van der Waals surface area contributed by atoms with Gasteiger partial charge in [0.2, 0.25) is 0 Å². The van der Waals surface area contributed by atoms with Gasteiger partial charge in [0, 0.05) is 29.1 Å². The van der Waals surface area contributed by atoms with Gasteiger partial charge in [-0.25, -0.2) is 9.37 Å². The van der Waals surface area contributed by atoms with Crippen molar-refractivity contribution in [3.05, 3.63) is 78.9 Å². The number of rotatable bonds is 3. The summed E-state index contributed by atoms with van der Waals surface area (Å²) in [6.45, 7) is 0. The minimum atomic E-state index is -0.332. The number of phenols is 1. The molecule has 4 nitrogen and oxygen atoms in total. The van der Waals surface area contributed by atoms with E-state index in [1.807, 2.05) is 12.1 Å². The van der Waals surface area contributed by atoms with Crippen LogP contribution in [0.5, 0.6) is 5.75 Å². The Labute approximate surface area is 143 Å². The molecule has 5 heteroatoms. The molecule has 0 radical (unpaired) electrons. The van der Waals surface area contributed by atoms with E-state index < -0.39 is 0 Å². The standard InChI is InChI=1S/C20H14FN3O/c21-17-4-2-1-3-16(17)19-18(13-9-11-22-12-10-13)23-20(24-19)14-5-7-15(25)8-6-14/h1-12,25H,(H,23,24). The van der Waals surface area contributed by atoms with Crippen LogP contribution in [0.25, 0.3) is 33.9 Å². The van der Waals surface area contributed by atoms with Crippen molar-refractivity contribution < 1.29 is 9.50 Å². The summed E-state index contributed by atoms with van der Waals surface area (Å²) in [6.07, 6.45) is 3.36. The molecule has 4 aromatic rings. The van der Waals surface area contributed by atoms with Crippen LogP contribution in [0.2, 0.25) is 0 Å². The first-order valence-corrected chi connectivity index (χ1v) is 7.77. The zero-order chi connectivity index (χ0) is 17.2. The summed E-state index contributed by atoms with van der Waals surface area (Å²) in [6, 6.07) is 16.9. The molecule has 4 rings (SSSR count). The van der Waals surface area contributed by atoms with Crippen LogP contribution in [0.1, 0.15) is 0 Å². The maximum Gasteiger partial charge on any atom is 0.138 e. The van der Waals surface area contributed by atoms with Crippen molar-refractivity contribution in [3.63, 3.8) is 0 Å². The number of benzene rings is 2. The summed E-state index contributed by atoms with van der Waals surface area (Å²) < 4.78 is 14.3. The van der Waals surface area contributed by atoms with Crippen molar-refractivity contribution in [1.82, 2.24) is 15.0 Å². The lowest BCUT2D eigenvalue weighted by Crippen LogP contribution is -1.87. The highest BCUT2D eigenvalue weighted by Gasteiger charge is 2.17. The monoisotopic (exact) mass is 331 g/mol. The van der Waals surface area contributed by atoms with Gasteiger partial charge in [-0.05, 0) is 48.5 Å². The highest BCUT2D eigenvalue weighted by Crippen LogP contribution is 2.34. The van der Waals surface area contributed by atoms with Crippen LogP contribution in [0.4, 0.5) is 4.39 Å². The van der Waals surface area contributed by atoms with Crippen LogP contribution in [0.3, 0.4) is 0 Å². The molecule has 0 unspecified atom stereocenters. The number of hydrogen-bond acceptors (Lipinski definition) is 3. The van der Waals surface area contributed by atoms with Crippen LogP contribution in [0, 0.1) is 5.82 Å². The van der Waals surface area contributed by atoms with Gasteiger partial charge < -0.3 is 10.1 Å². The van der Waals surface area contributed by atoms with Gasteiger partial charge in [0.05, 0.1) is 11.4 Å². The summed E-state index contributed by atoms with van der Waals surface area (Å²) in [5.74, 6) is 0.450. The fraction of sp³-hybridized carbons (Fsp3) is 0. The van der Waals surface area contributed by atoms with E-state index in [0.717, 1.165) is 16.8 Å². The van der Waals surface area contributed by atoms with E-state index in [1.165, 1.54) is 6.07 Å². The van der Waals surface area contributed by atoms with Crippen molar-refractivity contribution in [1.29, 1.82) is 0 Å². The van der Waals surface area contributed by atoms with Gasteiger partial charge in [-0.15, -0.1) is 0 Å². The molecular weight excluding hydrogens is 317 g/mol. The Balaban J connectivity index is 1.92. The molecule has 0 aliphatic rings. The average Bonchev–Trinajstić information content (AvgIpc) is 3.08. The fourth-order valence-corrected chi connectivity index (χ4v) is 2.70. The number of halogens is 1. The highest BCUT2D eigenvalue weighted by molar-refractivity contribution is 5.81. The van der Waals surface area contributed by atoms with E-state index in [2.05, 4.69) is 15.0 Å². The zero-order valence-corrected chi connectivity index (χ0v) is 13.1. The Morgan fingerprint density at radius 1 is 0.840 bits per heavy atom. The molecule has 0 amide bonds. The van der Waals surface area contributed by atoms with Crippen LogP contribution >= 0.6 is 0 Å². The van der Waals surface area contributed by atoms with Crippen molar-refractivity contribution in [2.24, 2.45) is 0 Å². The minimum absolute atomic E-state index is 0.180. The van der Waals surface area contributed by atoms with Gasteiger partial charge >= 0.3 is 0 Å². The molecule has 0 spiro atoms. The molecule has 2 aromatic heterocycles. The molecule has 25 heavy (non-hydrogen) atoms. The SMILES string of the molecule is Oc1ccc(-c2nc(-c3ccccc3F)c(-c3ccncc3)[nH]2)cc1. The van der Waals surface area contributed by atoms with E-state index in [4.69, 9.17) is 0 Å². The van der Waals surface area contributed by atoms with Gasteiger partial charge in [-0.2, -0.15) is 0 Å². The molecule has 0 bridgehead atoms. The molecule has 122 valence electrons. The van der Waals surface area contributed by atoms with E-state index in [9.17, 15) is 9.50 Å². The lowest BCUT2D eigenvalue weighted by molar-refractivity contribution is 0.475. The van der Waals surface area contributed by atoms with Crippen molar-refractivity contribution in [3.8, 4) is 39.7 Å². The van der Waals surface area contributed by atoms with Crippen molar-refractivity contribution >= 4 is 0 Å². The number of aromatic nitrogens is 3. The van der Waals surface area contributed by atoms with Gasteiger partial charge in [0.15, 0.2) is 0 Å². The molecule has 0 fully saturated rings. The predicted octanol–water partition coefficient (Wildman–Crippen LogP) is 4.65. The van der Waals surface area contributed by atoms with E-state index >= 15 is 0 Å². The number of H-pyrrole nitrogens is 1. The summed E-state index contributed by atoms with van der Waals surface area (Å²) in [7, 11) is 0. The number of imidazole rings is 1. The van der Waals surface area contributed by atoms with E-state index in [0.29, 0.717) is 17.1 Å². The third-order valence-corrected chi connectivity index (χ3v) is 3.94. The Morgan fingerprint density at radius 3 is 2.28 bits per heavy atom. The summed E-state index contributed by atoms with van der Waals surface area (Å²) >= 11 is 0. The topological polar surface area (TPSA) is 61.8 Å². The molecule has 0 saturated carbocycles. The highest BCUT2D eigenvalue weighted by atomic mass is 19.1. The van der Waals surface area contributed by atoms with E-state index in [-0.39, 0.29) is 11.6 Å². The maximum absolute atomic E-state index is 14.3. The van der Waals surface area contributed by atoms with Gasteiger partial charge in [-0.3, -0.25) is 4.98 Å². The molecule has 0 atom stereocenters. The number of hydrogen-bond donors (Lipinski definition) is 2. The van der Waals surface area contributed by atoms with Crippen LogP contribution in [-0.4, -0.2) is 20.1 Å². The normalized spacial score (nSPS) is 10.8. The Bertz CT molecular complexity index is 1010. The number of nitrogens with zero attached hydrogens (tertiary/aromatic N) is 2. The van der Waals surface area contributed by atoms with Crippen molar-refractivity contribution in [2.45, 2.75) is 0 Å². The molecule has 2 heterocycles. The second-order valence-electron chi connectivity index (χ2n) is 5.57. The zero-order valence-electron chi connectivity index (χ0n) is 13.1. The number of aromatic hydroxyl groups is 1. The second-order valence-corrected chi connectivity index (χ2v) is 5.57.